The van der Waals surface area contributed by atoms with Crippen LogP contribution < -0.4 is 15.6 Å². The van der Waals surface area contributed by atoms with Gasteiger partial charge in [0.15, 0.2) is 5.69 Å². The summed E-state index contributed by atoms with van der Waals surface area (Å²) < 4.78 is 47.2. The molecule has 0 aliphatic heterocycles. The summed E-state index contributed by atoms with van der Waals surface area (Å²) in [5.74, 6) is -1.84. The van der Waals surface area contributed by atoms with Crippen LogP contribution in [0.4, 0.5) is 18.2 Å². The Bertz CT molecular complexity index is 1500. The number of nitrogens with one attached hydrogen (secondary N) is 1. The molecule has 1 N–H and O–H groups in total. The molecule has 0 radical (unpaired) electrons. The van der Waals surface area contributed by atoms with Crippen LogP contribution in [-0.2, 0) is 4.74 Å². The van der Waals surface area contributed by atoms with E-state index in [4.69, 9.17) is 16.3 Å². The lowest BCUT2D eigenvalue weighted by Crippen LogP contribution is -2.25. The van der Waals surface area contributed by atoms with Gasteiger partial charge in [-0.25, -0.2) is 4.79 Å². The molecular weight excluding hydrogens is 523 g/mol. The van der Waals surface area contributed by atoms with Gasteiger partial charge in [0.25, 0.3) is 11.5 Å². The summed E-state index contributed by atoms with van der Waals surface area (Å²) >= 11 is 6.86. The average Bonchev–Trinajstić information content (AvgIpc) is 3.23. The first-order chi connectivity index (χ1) is 17.1. The number of hydrogen-bond donors (Lipinski definition) is 1. The van der Waals surface area contributed by atoms with Crippen molar-refractivity contribution >= 4 is 50.6 Å². The molecule has 2 aromatic carbocycles. The van der Waals surface area contributed by atoms with Crippen LogP contribution in [0.1, 0.15) is 27.8 Å². The second-order valence-corrected chi connectivity index (χ2v) is 8.46. The molecule has 4 aromatic rings. The van der Waals surface area contributed by atoms with Crippen molar-refractivity contribution in [2.45, 2.75) is 13.3 Å². The predicted molar refractivity (Wildman–Crippen MR) is 127 cm³/mol. The zero-order valence-electron chi connectivity index (χ0n) is 18.3. The van der Waals surface area contributed by atoms with Gasteiger partial charge in [0.2, 0.25) is 0 Å². The van der Waals surface area contributed by atoms with Gasteiger partial charge >= 0.3 is 12.3 Å². The second-order valence-electron chi connectivity index (χ2n) is 7.14. The SMILES string of the molecule is CCOC(=O)c1nn(-c2ccc(OC(F)(F)F)cc2)c(=O)c2c(NC(=O)c3ccc(Cl)cc3)scc12. The highest BCUT2D eigenvalue weighted by Gasteiger charge is 2.31. The second kappa shape index (κ2) is 9.99. The number of fused-ring (bicyclic) bond motifs is 1. The van der Waals surface area contributed by atoms with Crippen LogP contribution in [0.2, 0.25) is 5.02 Å². The summed E-state index contributed by atoms with van der Waals surface area (Å²) in [5.41, 5.74) is -0.579. The Kier molecular flexibility index (Phi) is 7.00. The summed E-state index contributed by atoms with van der Waals surface area (Å²) in [7, 11) is 0. The number of carbonyl (C=O) groups excluding carboxylic acids is 2. The monoisotopic (exact) mass is 537 g/mol. The minimum absolute atomic E-state index is 0.0176. The van der Waals surface area contributed by atoms with E-state index in [1.807, 2.05) is 0 Å². The normalized spacial score (nSPS) is 11.4. The molecule has 0 fully saturated rings. The Morgan fingerprint density at radius 3 is 2.39 bits per heavy atom. The van der Waals surface area contributed by atoms with Crippen LogP contribution in [0.3, 0.4) is 0 Å². The van der Waals surface area contributed by atoms with E-state index < -0.39 is 29.5 Å². The van der Waals surface area contributed by atoms with Crippen molar-refractivity contribution in [1.29, 1.82) is 0 Å². The lowest BCUT2D eigenvalue weighted by atomic mass is 10.2. The summed E-state index contributed by atoms with van der Waals surface area (Å²) in [4.78, 5) is 38.7. The molecule has 0 atom stereocenters. The first-order valence-electron chi connectivity index (χ1n) is 10.2. The van der Waals surface area contributed by atoms with Crippen molar-refractivity contribution in [2.24, 2.45) is 0 Å². The number of alkyl halides is 3. The number of hydrogen-bond acceptors (Lipinski definition) is 7. The zero-order chi connectivity index (χ0) is 26.0. The van der Waals surface area contributed by atoms with E-state index in [1.54, 1.807) is 6.92 Å². The van der Waals surface area contributed by atoms with Crippen molar-refractivity contribution in [3.63, 3.8) is 0 Å². The molecule has 0 unspecified atom stereocenters. The van der Waals surface area contributed by atoms with Gasteiger partial charge < -0.3 is 14.8 Å². The van der Waals surface area contributed by atoms with Gasteiger partial charge in [-0.3, -0.25) is 9.59 Å². The quantitative estimate of drug-likeness (QED) is 0.329. The van der Waals surface area contributed by atoms with Crippen LogP contribution in [0, 0.1) is 0 Å². The Morgan fingerprint density at radius 2 is 1.78 bits per heavy atom. The Labute approximate surface area is 209 Å². The van der Waals surface area contributed by atoms with E-state index in [2.05, 4.69) is 15.2 Å². The molecule has 8 nitrogen and oxygen atoms in total. The van der Waals surface area contributed by atoms with E-state index in [0.717, 1.165) is 28.2 Å². The molecule has 0 aliphatic carbocycles. The molecule has 0 saturated carbocycles. The van der Waals surface area contributed by atoms with Gasteiger partial charge in [0.1, 0.15) is 10.8 Å². The summed E-state index contributed by atoms with van der Waals surface area (Å²) in [6.07, 6.45) is -4.89. The molecule has 1 amide bonds. The van der Waals surface area contributed by atoms with Crippen molar-refractivity contribution < 1.29 is 32.2 Å². The van der Waals surface area contributed by atoms with E-state index >= 15 is 0 Å². The molecule has 186 valence electrons. The standard InChI is InChI=1S/C23H15ClF3N3O5S/c1-2-34-22(33)18-16-11-36-20(28-19(31)12-3-5-13(24)6-4-12)17(16)21(32)30(29-18)14-7-9-15(10-8-14)35-23(25,26)27/h3-11H,2H2,1H3,(H,28,31). The maximum atomic E-state index is 13.4. The van der Waals surface area contributed by atoms with E-state index in [-0.39, 0.29) is 39.3 Å². The van der Waals surface area contributed by atoms with E-state index in [1.165, 1.54) is 41.8 Å². The third-order valence-corrected chi connectivity index (χ3v) is 5.92. The fourth-order valence-electron chi connectivity index (χ4n) is 3.23. The van der Waals surface area contributed by atoms with Crippen molar-refractivity contribution in [3.05, 3.63) is 80.5 Å². The van der Waals surface area contributed by atoms with Gasteiger partial charge in [-0.15, -0.1) is 24.5 Å². The van der Waals surface area contributed by atoms with E-state index in [9.17, 15) is 27.6 Å². The van der Waals surface area contributed by atoms with Crippen molar-refractivity contribution in [2.75, 3.05) is 11.9 Å². The van der Waals surface area contributed by atoms with Crippen LogP contribution in [0.25, 0.3) is 16.5 Å². The van der Waals surface area contributed by atoms with Crippen molar-refractivity contribution in [3.8, 4) is 11.4 Å². The number of carbonyl (C=O) groups is 2. The maximum Gasteiger partial charge on any atom is 0.573 e. The van der Waals surface area contributed by atoms with Crippen LogP contribution in [-0.4, -0.2) is 34.6 Å². The van der Waals surface area contributed by atoms with Crippen LogP contribution >= 0.6 is 22.9 Å². The van der Waals surface area contributed by atoms with Crippen LogP contribution in [0.15, 0.2) is 58.7 Å². The fraction of sp³-hybridized carbons (Fsp3) is 0.130. The molecule has 0 spiro atoms. The Balaban J connectivity index is 1.81. The minimum atomic E-state index is -4.89. The number of ether oxygens (including phenoxy) is 2. The van der Waals surface area contributed by atoms with E-state index in [0.29, 0.717) is 5.02 Å². The van der Waals surface area contributed by atoms with Crippen molar-refractivity contribution in [1.82, 2.24) is 9.78 Å². The number of halogens is 4. The summed E-state index contributed by atoms with van der Waals surface area (Å²) in [6, 6.07) is 10.4. The molecule has 2 heterocycles. The highest BCUT2D eigenvalue weighted by molar-refractivity contribution is 7.16. The number of esters is 1. The molecule has 13 heteroatoms. The van der Waals surface area contributed by atoms with Gasteiger partial charge in [-0.05, 0) is 55.5 Å². The smallest absolute Gasteiger partial charge is 0.461 e. The Hall–Kier alpha value is -3.90. The number of thiophene rings is 1. The van der Waals surface area contributed by atoms with Gasteiger partial charge in [0, 0.05) is 21.4 Å². The third-order valence-electron chi connectivity index (χ3n) is 4.77. The number of amides is 1. The summed E-state index contributed by atoms with van der Waals surface area (Å²) in [6.45, 7) is 1.63. The zero-order valence-corrected chi connectivity index (χ0v) is 19.8. The summed E-state index contributed by atoms with van der Waals surface area (Å²) in [5, 5.41) is 8.96. The first kappa shape index (κ1) is 25.2. The third kappa shape index (κ3) is 5.34. The number of anilines is 1. The fourth-order valence-corrected chi connectivity index (χ4v) is 4.29. The average molecular weight is 538 g/mol. The highest BCUT2D eigenvalue weighted by Crippen LogP contribution is 2.31. The molecule has 0 saturated heterocycles. The lowest BCUT2D eigenvalue weighted by Gasteiger charge is -2.12. The largest absolute Gasteiger partial charge is 0.573 e. The van der Waals surface area contributed by atoms with Gasteiger partial charge in [0.05, 0.1) is 17.7 Å². The number of nitrogens with zero attached hydrogens (tertiary/aromatic N) is 2. The predicted octanol–water partition coefficient (Wildman–Crippen LogP) is 5.43. The lowest BCUT2D eigenvalue weighted by molar-refractivity contribution is -0.274. The number of rotatable bonds is 6. The topological polar surface area (TPSA) is 99.5 Å². The molecule has 0 bridgehead atoms. The number of aromatic nitrogens is 2. The molecule has 2 aromatic heterocycles. The maximum absolute atomic E-state index is 13.4. The highest BCUT2D eigenvalue weighted by atomic mass is 35.5. The van der Waals surface area contributed by atoms with Crippen LogP contribution in [0.5, 0.6) is 5.75 Å². The minimum Gasteiger partial charge on any atom is -0.461 e. The first-order valence-corrected chi connectivity index (χ1v) is 11.5. The Morgan fingerprint density at radius 1 is 1.11 bits per heavy atom. The molecular formula is C23H15ClF3N3O5S. The number of benzene rings is 2. The molecule has 36 heavy (non-hydrogen) atoms. The molecule has 4 rings (SSSR count). The van der Waals surface area contributed by atoms with Gasteiger partial charge in [-0.2, -0.15) is 9.78 Å². The van der Waals surface area contributed by atoms with Gasteiger partial charge in [-0.1, -0.05) is 11.6 Å². The molecule has 0 aliphatic rings.